The van der Waals surface area contributed by atoms with Crippen molar-refractivity contribution in [3.8, 4) is 11.1 Å². The van der Waals surface area contributed by atoms with Crippen molar-refractivity contribution in [2.75, 3.05) is 26.4 Å². The van der Waals surface area contributed by atoms with Gasteiger partial charge in [-0.2, -0.15) is 0 Å². The lowest BCUT2D eigenvalue weighted by Crippen LogP contribution is -2.58. The van der Waals surface area contributed by atoms with Crippen molar-refractivity contribution in [1.82, 2.24) is 0 Å². The van der Waals surface area contributed by atoms with E-state index in [1.807, 2.05) is 0 Å². The molecule has 0 saturated carbocycles. The molecule has 2 aromatic rings. The Labute approximate surface area is 237 Å². The van der Waals surface area contributed by atoms with E-state index < -0.39 is 27.4 Å². The van der Waals surface area contributed by atoms with Gasteiger partial charge in [0.05, 0.1) is 26.4 Å². The number of rotatable bonds is 0. The van der Waals surface area contributed by atoms with Gasteiger partial charge in [-0.15, -0.1) is 0 Å². The summed E-state index contributed by atoms with van der Waals surface area (Å²) in [6.45, 7) is 17.9. The molecule has 4 nitrogen and oxygen atoms in total. The van der Waals surface area contributed by atoms with Gasteiger partial charge in [-0.25, -0.2) is 0 Å². The Balaban J connectivity index is 1.51. The van der Waals surface area contributed by atoms with Crippen LogP contribution in [0.1, 0.15) is 73.6 Å². The first-order valence-corrected chi connectivity index (χ1v) is 17.4. The van der Waals surface area contributed by atoms with E-state index in [-0.39, 0.29) is 20.6 Å². The molecule has 2 aromatic carbocycles. The van der Waals surface area contributed by atoms with Crippen LogP contribution in [0.15, 0.2) is 48.5 Å². The van der Waals surface area contributed by atoms with Crippen molar-refractivity contribution in [2.45, 2.75) is 106 Å². The first kappa shape index (κ1) is 27.0. The molecule has 5 aliphatic heterocycles. The Hall–Kier alpha value is -0.860. The average molecular weight is 567 g/mol. The lowest BCUT2D eigenvalue weighted by atomic mass is 9.81. The zero-order valence-electron chi connectivity index (χ0n) is 24.5. The maximum atomic E-state index is 6.53. The fourth-order valence-electron chi connectivity index (χ4n) is 9.91. The van der Waals surface area contributed by atoms with Gasteiger partial charge >= 0.3 is 0 Å². The van der Waals surface area contributed by atoms with Crippen molar-refractivity contribution in [3.05, 3.63) is 48.5 Å². The van der Waals surface area contributed by atoms with Gasteiger partial charge in [0, 0.05) is 25.7 Å². The van der Waals surface area contributed by atoms with Gasteiger partial charge in [0.25, 0.3) is 0 Å². The number of ether oxygens (including phenoxy) is 4. The highest BCUT2D eigenvalue weighted by Crippen LogP contribution is 2.77. The minimum atomic E-state index is -0.565. The predicted octanol–water partition coefficient (Wildman–Crippen LogP) is 7.12. The molecular weight excluding hydrogens is 522 g/mol. The molecule has 0 aliphatic carbocycles. The molecule has 7 rings (SSSR count). The summed E-state index contributed by atoms with van der Waals surface area (Å²) < 4.78 is 26.1. The predicted molar refractivity (Wildman–Crippen MR) is 162 cm³/mol. The second-order valence-corrected chi connectivity index (χ2v) is 21.3. The minimum Gasteiger partial charge on any atom is -0.347 e. The second kappa shape index (κ2) is 8.82. The third-order valence-corrected chi connectivity index (χ3v) is 17.2. The van der Waals surface area contributed by atoms with Crippen LogP contribution >= 0.6 is 15.8 Å². The molecule has 6 heteroatoms. The molecule has 4 unspecified atom stereocenters. The summed E-state index contributed by atoms with van der Waals surface area (Å²) in [5, 5.41) is 3.29. The van der Waals surface area contributed by atoms with E-state index in [0.29, 0.717) is 26.4 Å². The summed E-state index contributed by atoms with van der Waals surface area (Å²) in [6, 6.07) is 18.7. The Morgan fingerprint density at radius 3 is 1.23 bits per heavy atom. The van der Waals surface area contributed by atoms with Crippen LogP contribution in [-0.4, -0.2) is 58.6 Å². The Morgan fingerprint density at radius 2 is 0.846 bits per heavy atom. The highest BCUT2D eigenvalue weighted by atomic mass is 31.1. The topological polar surface area (TPSA) is 36.9 Å². The molecule has 0 amide bonds. The van der Waals surface area contributed by atoms with E-state index in [0.717, 1.165) is 32.1 Å². The van der Waals surface area contributed by atoms with Crippen LogP contribution in [0.5, 0.6) is 0 Å². The zero-order valence-corrected chi connectivity index (χ0v) is 26.3. The molecule has 2 spiro atoms. The molecule has 4 atom stereocenters. The largest absolute Gasteiger partial charge is 0.347 e. The normalized spacial score (nSPS) is 37.2. The summed E-state index contributed by atoms with van der Waals surface area (Å²) >= 11 is 0. The first-order chi connectivity index (χ1) is 18.4. The van der Waals surface area contributed by atoms with E-state index >= 15 is 0 Å². The molecule has 4 fully saturated rings. The molecule has 0 N–H and O–H groups in total. The Morgan fingerprint density at radius 1 is 0.487 bits per heavy atom. The van der Waals surface area contributed by atoms with Gasteiger partial charge < -0.3 is 18.9 Å². The Bertz CT molecular complexity index is 1180. The summed E-state index contributed by atoms with van der Waals surface area (Å²) in [7, 11) is -1.13. The van der Waals surface area contributed by atoms with Gasteiger partial charge in [0.2, 0.25) is 0 Å². The number of benzene rings is 2. The first-order valence-electron chi connectivity index (χ1n) is 14.8. The fourth-order valence-corrected chi connectivity index (χ4v) is 19.4. The van der Waals surface area contributed by atoms with Gasteiger partial charge in [-0.1, -0.05) is 106 Å². The van der Waals surface area contributed by atoms with Crippen molar-refractivity contribution in [1.29, 1.82) is 0 Å². The molecule has 210 valence electrons. The molecule has 39 heavy (non-hydrogen) atoms. The van der Waals surface area contributed by atoms with E-state index in [2.05, 4.69) is 90.1 Å². The summed E-state index contributed by atoms with van der Waals surface area (Å²) in [4.78, 5) is 0. The maximum Gasteiger partial charge on any atom is 0.170 e. The fraction of sp³-hybridized carbons (Fsp3) is 0.636. The number of hydrogen-bond acceptors (Lipinski definition) is 4. The molecule has 0 radical (unpaired) electrons. The molecular formula is C33H44O4P2. The standard InChI is InChI=1S/C33H44O4P2/c1-28(2)19-32(34-15-16-35-32)22-30(5)21-31(6)23-33(36-17-18-37-33)20-29(3,4)39(31)27-14-10-8-12-25(27)24-11-7-9-13-26(24)38(28)30/h7-14H,15-23H2,1-6H3. The van der Waals surface area contributed by atoms with Crippen LogP contribution in [0.25, 0.3) is 11.1 Å². The molecule has 5 heterocycles. The van der Waals surface area contributed by atoms with Crippen LogP contribution in [0.4, 0.5) is 0 Å². The lowest BCUT2D eigenvalue weighted by molar-refractivity contribution is -0.185. The highest BCUT2D eigenvalue weighted by Gasteiger charge is 2.65. The van der Waals surface area contributed by atoms with Crippen LogP contribution in [-0.2, 0) is 18.9 Å². The third kappa shape index (κ3) is 4.15. The number of hydrogen-bond donors (Lipinski definition) is 0. The van der Waals surface area contributed by atoms with E-state index in [9.17, 15) is 0 Å². The van der Waals surface area contributed by atoms with Crippen LogP contribution in [0.2, 0.25) is 0 Å². The summed E-state index contributed by atoms with van der Waals surface area (Å²) in [6.07, 6.45) is 4.92. The molecule has 0 bridgehead atoms. The minimum absolute atomic E-state index is 0.0299. The quantitative estimate of drug-likeness (QED) is 0.318. The van der Waals surface area contributed by atoms with Crippen LogP contribution in [0.3, 0.4) is 0 Å². The van der Waals surface area contributed by atoms with E-state index in [1.165, 1.54) is 11.1 Å². The van der Waals surface area contributed by atoms with Gasteiger partial charge in [0.1, 0.15) is 0 Å². The lowest BCUT2D eigenvalue weighted by Gasteiger charge is -2.62. The Kier molecular flexibility index (Phi) is 6.11. The van der Waals surface area contributed by atoms with Crippen LogP contribution in [0, 0.1) is 0 Å². The SMILES string of the molecule is CC1(C)CC2(CC3(C)CC4(C)CC5(CC(C)(C)P4c4ccccc4-c4ccccc4P13)OCCO5)OCCO2. The molecule has 0 aromatic heterocycles. The monoisotopic (exact) mass is 566 g/mol. The van der Waals surface area contributed by atoms with Crippen molar-refractivity contribution in [2.24, 2.45) is 0 Å². The van der Waals surface area contributed by atoms with Crippen LogP contribution < -0.4 is 10.6 Å². The summed E-state index contributed by atoms with van der Waals surface area (Å²) in [5.74, 6) is -0.956. The number of fused-ring (bicyclic) bond motifs is 7. The molecule has 4 saturated heterocycles. The van der Waals surface area contributed by atoms with Crippen molar-refractivity contribution >= 4 is 26.5 Å². The van der Waals surface area contributed by atoms with E-state index in [4.69, 9.17) is 18.9 Å². The average Bonchev–Trinajstić information content (AvgIpc) is 3.46. The van der Waals surface area contributed by atoms with Crippen molar-refractivity contribution in [3.63, 3.8) is 0 Å². The summed E-state index contributed by atoms with van der Waals surface area (Å²) in [5.41, 5.74) is 2.89. The maximum absolute atomic E-state index is 6.53. The third-order valence-electron chi connectivity index (χ3n) is 9.96. The zero-order chi connectivity index (χ0) is 27.3. The van der Waals surface area contributed by atoms with Gasteiger partial charge in [-0.05, 0) is 48.8 Å². The second-order valence-electron chi connectivity index (χ2n) is 14.4. The van der Waals surface area contributed by atoms with Gasteiger partial charge in [-0.3, -0.25) is 0 Å². The van der Waals surface area contributed by atoms with E-state index in [1.54, 1.807) is 10.6 Å². The highest BCUT2D eigenvalue weighted by molar-refractivity contribution is 7.70. The smallest absolute Gasteiger partial charge is 0.170 e. The van der Waals surface area contributed by atoms with Crippen molar-refractivity contribution < 1.29 is 18.9 Å². The molecule has 5 aliphatic rings. The van der Waals surface area contributed by atoms with Gasteiger partial charge in [0.15, 0.2) is 11.6 Å².